The third-order valence-electron chi connectivity index (χ3n) is 4.21. The number of likely N-dealkylation sites (tertiary alicyclic amines) is 1. The molecular formula is C15H16F2N2O2. The van der Waals surface area contributed by atoms with E-state index in [9.17, 15) is 18.4 Å². The summed E-state index contributed by atoms with van der Waals surface area (Å²) in [5, 5.41) is 2.90. The van der Waals surface area contributed by atoms with Crippen molar-refractivity contribution in [2.75, 3.05) is 13.1 Å². The maximum atomic E-state index is 13.7. The van der Waals surface area contributed by atoms with Crippen LogP contribution in [0, 0.1) is 17.6 Å². The summed E-state index contributed by atoms with van der Waals surface area (Å²) in [7, 11) is 0. The molecule has 6 heteroatoms. The average Bonchev–Trinajstić information content (AvgIpc) is 2.75. The molecule has 1 aromatic carbocycles. The number of hydrogen-bond acceptors (Lipinski definition) is 2. The molecule has 2 aliphatic rings. The monoisotopic (exact) mass is 294 g/mol. The minimum Gasteiger partial charge on any atom is -0.351 e. The summed E-state index contributed by atoms with van der Waals surface area (Å²) in [6.45, 7) is 0.824. The van der Waals surface area contributed by atoms with Gasteiger partial charge >= 0.3 is 0 Å². The zero-order valence-electron chi connectivity index (χ0n) is 11.4. The molecule has 2 atom stereocenters. The van der Waals surface area contributed by atoms with Crippen LogP contribution in [0.3, 0.4) is 0 Å². The molecule has 2 amide bonds. The van der Waals surface area contributed by atoms with Crippen LogP contribution in [0.1, 0.15) is 29.6 Å². The van der Waals surface area contributed by atoms with Crippen LogP contribution < -0.4 is 5.32 Å². The molecule has 4 nitrogen and oxygen atoms in total. The highest BCUT2D eigenvalue weighted by Gasteiger charge is 2.38. The largest absolute Gasteiger partial charge is 0.351 e. The predicted octanol–water partition coefficient (Wildman–Crippen LogP) is 1.71. The van der Waals surface area contributed by atoms with Crippen LogP contribution in [0.5, 0.6) is 0 Å². The first-order valence-electron chi connectivity index (χ1n) is 7.08. The molecule has 0 spiro atoms. The highest BCUT2D eigenvalue weighted by molar-refractivity contribution is 5.94. The van der Waals surface area contributed by atoms with Gasteiger partial charge in [-0.05, 0) is 37.0 Å². The zero-order valence-corrected chi connectivity index (χ0v) is 11.4. The first kappa shape index (κ1) is 14.0. The summed E-state index contributed by atoms with van der Waals surface area (Å²) in [5.41, 5.74) is -0.252. The molecule has 0 radical (unpaired) electrons. The summed E-state index contributed by atoms with van der Waals surface area (Å²) in [6, 6.07) is 2.78. The molecule has 0 saturated carbocycles. The van der Waals surface area contributed by atoms with Crippen molar-refractivity contribution in [3.8, 4) is 0 Å². The summed E-state index contributed by atoms with van der Waals surface area (Å²) >= 11 is 0. The minimum atomic E-state index is -0.725. The lowest BCUT2D eigenvalue weighted by Gasteiger charge is -2.17. The Labute approximate surface area is 121 Å². The molecule has 2 saturated heterocycles. The van der Waals surface area contributed by atoms with Crippen molar-refractivity contribution in [1.29, 1.82) is 0 Å². The van der Waals surface area contributed by atoms with Crippen molar-refractivity contribution in [3.63, 3.8) is 0 Å². The maximum Gasteiger partial charge on any atom is 0.257 e. The highest BCUT2D eigenvalue weighted by Crippen LogP contribution is 2.27. The Morgan fingerprint density at radius 1 is 1.29 bits per heavy atom. The number of fused-ring (bicyclic) bond motifs is 1. The van der Waals surface area contributed by atoms with Gasteiger partial charge in [0.05, 0.1) is 11.6 Å². The summed E-state index contributed by atoms with van der Waals surface area (Å²) in [5.74, 6) is -1.70. The molecule has 112 valence electrons. The molecule has 0 aromatic heterocycles. The van der Waals surface area contributed by atoms with Crippen LogP contribution in [0.2, 0.25) is 0 Å². The van der Waals surface area contributed by atoms with E-state index in [2.05, 4.69) is 5.32 Å². The number of nitrogens with zero attached hydrogens (tertiary/aromatic N) is 1. The van der Waals surface area contributed by atoms with Crippen molar-refractivity contribution in [2.24, 2.45) is 5.92 Å². The third-order valence-corrected chi connectivity index (χ3v) is 4.21. The van der Waals surface area contributed by atoms with E-state index in [0.29, 0.717) is 19.5 Å². The van der Waals surface area contributed by atoms with Gasteiger partial charge in [-0.3, -0.25) is 9.59 Å². The van der Waals surface area contributed by atoms with E-state index in [-0.39, 0.29) is 23.4 Å². The lowest BCUT2D eigenvalue weighted by Crippen LogP contribution is -2.39. The lowest BCUT2D eigenvalue weighted by molar-refractivity contribution is -0.121. The van der Waals surface area contributed by atoms with Gasteiger partial charge < -0.3 is 10.2 Å². The Bertz CT molecular complexity index is 591. The molecular weight excluding hydrogens is 278 g/mol. The Morgan fingerprint density at radius 2 is 2.10 bits per heavy atom. The Hall–Kier alpha value is -1.98. The van der Waals surface area contributed by atoms with E-state index in [1.165, 1.54) is 4.90 Å². The molecule has 2 aliphatic heterocycles. The topological polar surface area (TPSA) is 49.4 Å². The van der Waals surface area contributed by atoms with Gasteiger partial charge in [-0.15, -0.1) is 0 Å². The first-order valence-corrected chi connectivity index (χ1v) is 7.08. The van der Waals surface area contributed by atoms with E-state index in [1.807, 2.05) is 0 Å². The number of carbonyl (C=O) groups is 2. The van der Waals surface area contributed by atoms with E-state index in [0.717, 1.165) is 31.0 Å². The number of halogens is 2. The van der Waals surface area contributed by atoms with Crippen molar-refractivity contribution < 1.29 is 18.4 Å². The van der Waals surface area contributed by atoms with Crippen molar-refractivity contribution >= 4 is 11.8 Å². The lowest BCUT2D eigenvalue weighted by atomic mass is 9.99. The van der Waals surface area contributed by atoms with Crippen molar-refractivity contribution in [1.82, 2.24) is 10.2 Å². The van der Waals surface area contributed by atoms with Crippen molar-refractivity contribution in [3.05, 3.63) is 35.4 Å². The molecule has 21 heavy (non-hydrogen) atoms. The molecule has 0 aliphatic carbocycles. The highest BCUT2D eigenvalue weighted by atomic mass is 19.1. The number of rotatable bonds is 1. The molecule has 1 N–H and O–H groups in total. The molecule has 3 rings (SSSR count). The summed E-state index contributed by atoms with van der Waals surface area (Å²) < 4.78 is 26.9. The second-order valence-corrected chi connectivity index (χ2v) is 5.66. The van der Waals surface area contributed by atoms with Crippen LogP contribution in [-0.2, 0) is 4.79 Å². The van der Waals surface area contributed by atoms with E-state index < -0.39 is 17.5 Å². The minimum absolute atomic E-state index is 0.00580. The standard InChI is InChI=1S/C15H16F2N2O2/c16-10-4-5-12(17)11(6-10)15(21)19-7-9-2-1-3-14(20)18-13(9)8-19/h4-6,9,13H,1-3,7-8H2,(H,18,20)/t9-,13+/m1/s1. The average molecular weight is 294 g/mol. The Morgan fingerprint density at radius 3 is 2.90 bits per heavy atom. The maximum absolute atomic E-state index is 13.7. The van der Waals surface area contributed by atoms with Gasteiger partial charge in [-0.1, -0.05) is 0 Å². The molecule has 2 fully saturated rings. The number of nitrogens with one attached hydrogen (secondary N) is 1. The summed E-state index contributed by atoms with van der Waals surface area (Å²) in [6.07, 6.45) is 2.17. The summed E-state index contributed by atoms with van der Waals surface area (Å²) in [4.78, 5) is 25.4. The van der Waals surface area contributed by atoms with Gasteiger partial charge in [-0.2, -0.15) is 0 Å². The number of benzene rings is 1. The smallest absolute Gasteiger partial charge is 0.257 e. The van der Waals surface area contributed by atoms with Crippen LogP contribution in [0.25, 0.3) is 0 Å². The fourth-order valence-electron chi connectivity index (χ4n) is 3.13. The van der Waals surface area contributed by atoms with Gasteiger partial charge in [0.15, 0.2) is 0 Å². The normalized spacial score (nSPS) is 25.2. The van der Waals surface area contributed by atoms with E-state index >= 15 is 0 Å². The zero-order chi connectivity index (χ0) is 15.0. The van der Waals surface area contributed by atoms with Gasteiger partial charge in [0, 0.05) is 19.5 Å². The fraction of sp³-hybridized carbons (Fsp3) is 0.467. The predicted molar refractivity (Wildman–Crippen MR) is 71.5 cm³/mol. The molecule has 2 heterocycles. The van der Waals surface area contributed by atoms with E-state index in [4.69, 9.17) is 0 Å². The van der Waals surface area contributed by atoms with Gasteiger partial charge in [0.25, 0.3) is 5.91 Å². The fourth-order valence-corrected chi connectivity index (χ4v) is 3.13. The Kier molecular flexibility index (Phi) is 3.61. The van der Waals surface area contributed by atoms with Crippen LogP contribution in [-0.4, -0.2) is 35.8 Å². The molecule has 1 aromatic rings. The SMILES string of the molecule is O=C1CCC[C@@H]2CN(C(=O)c3cc(F)ccc3F)C[C@@H]2N1. The second kappa shape index (κ2) is 5.42. The van der Waals surface area contributed by atoms with Gasteiger partial charge in [0.1, 0.15) is 11.6 Å². The molecule has 0 unspecified atom stereocenters. The van der Waals surface area contributed by atoms with Crippen LogP contribution >= 0.6 is 0 Å². The molecule has 0 bridgehead atoms. The van der Waals surface area contributed by atoms with E-state index in [1.54, 1.807) is 0 Å². The van der Waals surface area contributed by atoms with Crippen LogP contribution in [0.15, 0.2) is 18.2 Å². The number of amides is 2. The Balaban J connectivity index is 1.78. The van der Waals surface area contributed by atoms with Gasteiger partial charge in [0.2, 0.25) is 5.91 Å². The van der Waals surface area contributed by atoms with Crippen LogP contribution in [0.4, 0.5) is 8.78 Å². The van der Waals surface area contributed by atoms with Gasteiger partial charge in [-0.25, -0.2) is 8.78 Å². The number of hydrogen-bond donors (Lipinski definition) is 1. The quantitative estimate of drug-likeness (QED) is 0.857. The third kappa shape index (κ3) is 2.75. The van der Waals surface area contributed by atoms with Crippen molar-refractivity contribution in [2.45, 2.75) is 25.3 Å². The number of carbonyl (C=O) groups excluding carboxylic acids is 2. The first-order chi connectivity index (χ1) is 10.0. The second-order valence-electron chi connectivity index (χ2n) is 5.66.